The molecule has 0 aromatic heterocycles. The minimum Gasteiger partial charge on any atom is -0.493 e. The van der Waals surface area contributed by atoms with Crippen LogP contribution in [0.1, 0.15) is 29.6 Å². The molecule has 0 N–H and O–H groups in total. The van der Waals surface area contributed by atoms with Crippen molar-refractivity contribution in [2.24, 2.45) is 5.92 Å². The van der Waals surface area contributed by atoms with Crippen LogP contribution in [0.3, 0.4) is 0 Å². The lowest BCUT2D eigenvalue weighted by Gasteiger charge is -2.10. The summed E-state index contributed by atoms with van der Waals surface area (Å²) in [6.45, 7) is 0.698. The van der Waals surface area contributed by atoms with Crippen LogP contribution in [0, 0.1) is 5.92 Å². The first kappa shape index (κ1) is 11.0. The minimum absolute atomic E-state index is 0.613. The molecular formula is C13H16O3. The number of hydrogen-bond acceptors (Lipinski definition) is 3. The third-order valence-electron chi connectivity index (χ3n) is 2.80. The Morgan fingerprint density at radius 3 is 2.81 bits per heavy atom. The SMILES string of the molecule is COc1ccc(C=O)cc1OCCC1CC1. The zero-order valence-corrected chi connectivity index (χ0v) is 9.44. The van der Waals surface area contributed by atoms with Gasteiger partial charge in [0.25, 0.3) is 0 Å². The highest BCUT2D eigenvalue weighted by Gasteiger charge is 2.20. The second kappa shape index (κ2) is 5.01. The average molecular weight is 220 g/mol. The van der Waals surface area contributed by atoms with Crippen molar-refractivity contribution in [2.45, 2.75) is 19.3 Å². The van der Waals surface area contributed by atoms with Crippen LogP contribution >= 0.6 is 0 Å². The van der Waals surface area contributed by atoms with E-state index in [9.17, 15) is 4.79 Å². The number of rotatable bonds is 6. The molecule has 0 bridgehead atoms. The minimum atomic E-state index is 0.613. The van der Waals surface area contributed by atoms with Gasteiger partial charge in [-0.05, 0) is 30.5 Å². The summed E-state index contributed by atoms with van der Waals surface area (Å²) in [5, 5.41) is 0. The standard InChI is InChI=1S/C13H16O3/c1-15-12-5-4-11(9-14)8-13(12)16-7-6-10-2-3-10/h4-5,8-10H,2-3,6-7H2,1H3. The van der Waals surface area contributed by atoms with Gasteiger partial charge in [-0.25, -0.2) is 0 Å². The molecule has 3 heteroatoms. The van der Waals surface area contributed by atoms with E-state index in [1.165, 1.54) is 12.8 Å². The molecule has 3 nitrogen and oxygen atoms in total. The van der Waals surface area contributed by atoms with Gasteiger partial charge in [-0.1, -0.05) is 12.8 Å². The van der Waals surface area contributed by atoms with E-state index in [4.69, 9.17) is 9.47 Å². The lowest BCUT2D eigenvalue weighted by molar-refractivity contribution is 0.112. The predicted octanol–water partition coefficient (Wildman–Crippen LogP) is 2.69. The third-order valence-corrected chi connectivity index (χ3v) is 2.80. The van der Waals surface area contributed by atoms with Crippen molar-refractivity contribution in [2.75, 3.05) is 13.7 Å². The van der Waals surface area contributed by atoms with E-state index in [0.29, 0.717) is 23.7 Å². The Morgan fingerprint density at radius 2 is 2.19 bits per heavy atom. The number of hydrogen-bond donors (Lipinski definition) is 0. The normalized spacial score (nSPS) is 14.6. The lowest BCUT2D eigenvalue weighted by Crippen LogP contribution is -2.00. The van der Waals surface area contributed by atoms with Gasteiger partial charge in [0.2, 0.25) is 0 Å². The molecule has 0 amide bonds. The van der Waals surface area contributed by atoms with Crippen LogP contribution in [0.15, 0.2) is 18.2 Å². The van der Waals surface area contributed by atoms with Crippen molar-refractivity contribution in [3.63, 3.8) is 0 Å². The fourth-order valence-electron chi connectivity index (χ4n) is 1.62. The molecule has 16 heavy (non-hydrogen) atoms. The summed E-state index contributed by atoms with van der Waals surface area (Å²) in [4.78, 5) is 10.7. The Hall–Kier alpha value is -1.51. The smallest absolute Gasteiger partial charge is 0.161 e. The van der Waals surface area contributed by atoms with E-state index < -0.39 is 0 Å². The monoisotopic (exact) mass is 220 g/mol. The quantitative estimate of drug-likeness (QED) is 0.691. The van der Waals surface area contributed by atoms with E-state index in [-0.39, 0.29) is 0 Å². The second-order valence-electron chi connectivity index (χ2n) is 4.11. The van der Waals surface area contributed by atoms with Gasteiger partial charge in [0.1, 0.15) is 6.29 Å². The van der Waals surface area contributed by atoms with E-state index >= 15 is 0 Å². The van der Waals surface area contributed by atoms with Crippen LogP contribution < -0.4 is 9.47 Å². The Balaban J connectivity index is 1.99. The molecular weight excluding hydrogens is 204 g/mol. The van der Waals surface area contributed by atoms with Gasteiger partial charge in [0.15, 0.2) is 11.5 Å². The highest BCUT2D eigenvalue weighted by atomic mass is 16.5. The molecule has 1 aromatic carbocycles. The number of methoxy groups -OCH3 is 1. The van der Waals surface area contributed by atoms with Crippen LogP contribution in [0.25, 0.3) is 0 Å². The zero-order valence-electron chi connectivity index (χ0n) is 9.44. The van der Waals surface area contributed by atoms with Gasteiger partial charge in [-0.2, -0.15) is 0 Å². The molecule has 1 aromatic rings. The van der Waals surface area contributed by atoms with E-state index in [0.717, 1.165) is 18.6 Å². The topological polar surface area (TPSA) is 35.5 Å². The molecule has 86 valence electrons. The highest BCUT2D eigenvalue weighted by Crippen LogP contribution is 2.33. The predicted molar refractivity (Wildman–Crippen MR) is 61.2 cm³/mol. The molecule has 0 spiro atoms. The number of aldehydes is 1. The van der Waals surface area contributed by atoms with Crippen molar-refractivity contribution >= 4 is 6.29 Å². The van der Waals surface area contributed by atoms with Crippen LogP contribution in [-0.2, 0) is 0 Å². The number of benzene rings is 1. The molecule has 0 heterocycles. The molecule has 1 saturated carbocycles. The second-order valence-corrected chi connectivity index (χ2v) is 4.11. The highest BCUT2D eigenvalue weighted by molar-refractivity contribution is 5.76. The average Bonchev–Trinajstić information content (AvgIpc) is 3.13. The van der Waals surface area contributed by atoms with Gasteiger partial charge < -0.3 is 9.47 Å². The van der Waals surface area contributed by atoms with Crippen molar-refractivity contribution < 1.29 is 14.3 Å². The Kier molecular flexibility index (Phi) is 3.44. The number of ether oxygens (including phenoxy) is 2. The first-order chi connectivity index (χ1) is 7.83. The molecule has 1 aliphatic rings. The summed E-state index contributed by atoms with van der Waals surface area (Å²) in [5.74, 6) is 2.19. The summed E-state index contributed by atoms with van der Waals surface area (Å²) in [6.07, 6.45) is 4.56. The lowest BCUT2D eigenvalue weighted by atomic mass is 10.2. The van der Waals surface area contributed by atoms with Crippen molar-refractivity contribution in [3.05, 3.63) is 23.8 Å². The molecule has 1 fully saturated rings. The maximum Gasteiger partial charge on any atom is 0.161 e. The van der Waals surface area contributed by atoms with Crippen molar-refractivity contribution in [1.82, 2.24) is 0 Å². The van der Waals surface area contributed by atoms with Gasteiger partial charge in [-0.15, -0.1) is 0 Å². The Morgan fingerprint density at radius 1 is 1.38 bits per heavy atom. The van der Waals surface area contributed by atoms with Gasteiger partial charge in [-0.3, -0.25) is 4.79 Å². The summed E-state index contributed by atoms with van der Waals surface area (Å²) >= 11 is 0. The van der Waals surface area contributed by atoms with Crippen LogP contribution in [0.5, 0.6) is 11.5 Å². The summed E-state index contributed by atoms with van der Waals surface area (Å²) in [6, 6.07) is 5.20. The molecule has 2 rings (SSSR count). The van der Waals surface area contributed by atoms with E-state index in [1.54, 1.807) is 25.3 Å². The number of carbonyl (C=O) groups is 1. The molecule has 1 aliphatic carbocycles. The maximum absolute atomic E-state index is 10.7. The fraction of sp³-hybridized carbons (Fsp3) is 0.462. The first-order valence-corrected chi connectivity index (χ1v) is 5.59. The molecule has 0 aliphatic heterocycles. The first-order valence-electron chi connectivity index (χ1n) is 5.59. The zero-order chi connectivity index (χ0) is 11.4. The van der Waals surface area contributed by atoms with E-state index in [1.807, 2.05) is 0 Å². The number of carbonyl (C=O) groups excluding carboxylic acids is 1. The van der Waals surface area contributed by atoms with Crippen LogP contribution in [0.2, 0.25) is 0 Å². The Bertz CT molecular complexity index is 369. The fourth-order valence-corrected chi connectivity index (χ4v) is 1.62. The van der Waals surface area contributed by atoms with Crippen LogP contribution in [-0.4, -0.2) is 20.0 Å². The van der Waals surface area contributed by atoms with Gasteiger partial charge in [0, 0.05) is 5.56 Å². The molecule has 0 atom stereocenters. The van der Waals surface area contributed by atoms with Gasteiger partial charge in [0.05, 0.1) is 13.7 Å². The Labute approximate surface area is 95.4 Å². The molecule has 0 saturated heterocycles. The maximum atomic E-state index is 10.7. The third kappa shape index (κ3) is 2.75. The van der Waals surface area contributed by atoms with Crippen molar-refractivity contribution in [1.29, 1.82) is 0 Å². The van der Waals surface area contributed by atoms with E-state index in [2.05, 4.69) is 0 Å². The van der Waals surface area contributed by atoms with Gasteiger partial charge >= 0.3 is 0 Å². The van der Waals surface area contributed by atoms with Crippen LogP contribution in [0.4, 0.5) is 0 Å². The molecule has 0 unspecified atom stereocenters. The summed E-state index contributed by atoms with van der Waals surface area (Å²) < 4.78 is 10.8. The summed E-state index contributed by atoms with van der Waals surface area (Å²) in [7, 11) is 1.60. The molecule has 0 radical (unpaired) electrons. The van der Waals surface area contributed by atoms with Crippen molar-refractivity contribution in [3.8, 4) is 11.5 Å². The summed E-state index contributed by atoms with van der Waals surface area (Å²) in [5.41, 5.74) is 0.613. The largest absolute Gasteiger partial charge is 0.493 e.